The molecule has 120 valence electrons. The Balaban J connectivity index is 0.00000176. The molecule has 0 amide bonds. The van der Waals surface area contributed by atoms with Crippen molar-refractivity contribution in [2.24, 2.45) is 10.9 Å². The molecule has 0 bridgehead atoms. The predicted octanol–water partition coefficient (Wildman–Crippen LogP) is 3.68. The van der Waals surface area contributed by atoms with Crippen LogP contribution >= 0.6 is 24.0 Å². The molecule has 2 atom stereocenters. The Morgan fingerprint density at radius 1 is 1.18 bits per heavy atom. The molecule has 0 aliphatic heterocycles. The van der Waals surface area contributed by atoms with E-state index in [-0.39, 0.29) is 24.0 Å². The molecule has 2 aliphatic carbocycles. The average molecular weight is 411 g/mol. The molecule has 2 N–H and O–H groups in total. The highest BCUT2D eigenvalue weighted by molar-refractivity contribution is 14.0. The van der Waals surface area contributed by atoms with Crippen molar-refractivity contribution >= 4 is 29.9 Å². The van der Waals surface area contributed by atoms with Crippen LogP contribution in [0.2, 0.25) is 0 Å². The number of benzene rings is 1. The van der Waals surface area contributed by atoms with E-state index in [2.05, 4.69) is 60.0 Å². The Labute approximate surface area is 150 Å². The fraction of sp³-hybridized carbons (Fsp3) is 0.500. The fourth-order valence-corrected chi connectivity index (χ4v) is 3.01. The largest absolute Gasteiger partial charge is 0.357 e. The Hall–Kier alpha value is -1.04. The number of rotatable bonds is 5. The van der Waals surface area contributed by atoms with E-state index in [9.17, 15) is 0 Å². The molecule has 4 heteroatoms. The van der Waals surface area contributed by atoms with Gasteiger partial charge in [-0.3, -0.25) is 4.99 Å². The van der Waals surface area contributed by atoms with Gasteiger partial charge in [0.25, 0.3) is 0 Å². The fourth-order valence-electron chi connectivity index (χ4n) is 3.01. The van der Waals surface area contributed by atoms with Crippen LogP contribution in [0.5, 0.6) is 0 Å². The number of nitrogens with one attached hydrogen (secondary N) is 2. The summed E-state index contributed by atoms with van der Waals surface area (Å²) in [6.07, 6.45) is 7.99. The minimum absolute atomic E-state index is 0. The van der Waals surface area contributed by atoms with E-state index in [1.54, 1.807) is 0 Å². The normalized spacial score (nSPS) is 24.0. The summed E-state index contributed by atoms with van der Waals surface area (Å²) in [7, 11) is 0. The highest BCUT2D eigenvalue weighted by Gasteiger charge is 2.37. The Morgan fingerprint density at radius 3 is 2.59 bits per heavy atom. The second kappa shape index (κ2) is 8.56. The van der Waals surface area contributed by atoms with Crippen LogP contribution in [0.4, 0.5) is 0 Å². The van der Waals surface area contributed by atoms with Gasteiger partial charge in [-0.2, -0.15) is 0 Å². The quantitative estimate of drug-likeness (QED) is 0.336. The van der Waals surface area contributed by atoms with E-state index < -0.39 is 0 Å². The molecular weight excluding hydrogens is 385 g/mol. The molecule has 0 saturated heterocycles. The molecular formula is C18H26IN3. The summed E-state index contributed by atoms with van der Waals surface area (Å²) in [4.78, 5) is 4.78. The van der Waals surface area contributed by atoms with Crippen molar-refractivity contribution in [3.8, 4) is 0 Å². The van der Waals surface area contributed by atoms with Crippen molar-refractivity contribution in [2.45, 2.75) is 38.1 Å². The Morgan fingerprint density at radius 2 is 1.91 bits per heavy atom. The predicted molar refractivity (Wildman–Crippen MR) is 104 cm³/mol. The molecule has 0 spiro atoms. The SMILES string of the molecule is CCNC(=NCC1CC1c1ccccc1)NC1CC=CC1.I. The summed E-state index contributed by atoms with van der Waals surface area (Å²) in [5.41, 5.74) is 1.47. The molecule has 0 aromatic heterocycles. The maximum atomic E-state index is 4.78. The summed E-state index contributed by atoms with van der Waals surface area (Å²) >= 11 is 0. The zero-order chi connectivity index (χ0) is 14.5. The third kappa shape index (κ3) is 4.73. The van der Waals surface area contributed by atoms with Crippen molar-refractivity contribution < 1.29 is 0 Å². The molecule has 2 unspecified atom stereocenters. The summed E-state index contributed by atoms with van der Waals surface area (Å²) in [6, 6.07) is 11.3. The first-order valence-corrected chi connectivity index (χ1v) is 8.11. The summed E-state index contributed by atoms with van der Waals surface area (Å²) in [5.74, 6) is 2.40. The molecule has 3 nitrogen and oxygen atoms in total. The van der Waals surface area contributed by atoms with E-state index in [1.165, 1.54) is 12.0 Å². The maximum Gasteiger partial charge on any atom is 0.191 e. The zero-order valence-corrected chi connectivity index (χ0v) is 15.5. The van der Waals surface area contributed by atoms with Crippen molar-refractivity contribution in [1.82, 2.24) is 10.6 Å². The topological polar surface area (TPSA) is 36.4 Å². The number of aliphatic imine (C=N–C) groups is 1. The van der Waals surface area contributed by atoms with Crippen molar-refractivity contribution in [3.05, 3.63) is 48.0 Å². The Kier molecular flexibility index (Phi) is 6.73. The van der Waals surface area contributed by atoms with Crippen LogP contribution in [0.15, 0.2) is 47.5 Å². The summed E-state index contributed by atoms with van der Waals surface area (Å²) in [5, 5.41) is 6.89. The van der Waals surface area contributed by atoms with Crippen LogP contribution < -0.4 is 10.6 Å². The van der Waals surface area contributed by atoms with Crippen LogP contribution in [0.25, 0.3) is 0 Å². The van der Waals surface area contributed by atoms with Crippen LogP contribution in [0, 0.1) is 5.92 Å². The number of nitrogens with zero attached hydrogens (tertiary/aromatic N) is 1. The van der Waals surface area contributed by atoms with Gasteiger partial charge in [-0.15, -0.1) is 24.0 Å². The van der Waals surface area contributed by atoms with Gasteiger partial charge in [-0.1, -0.05) is 42.5 Å². The average Bonchev–Trinajstić information content (AvgIpc) is 3.12. The molecule has 2 aliphatic rings. The third-order valence-corrected chi connectivity index (χ3v) is 4.33. The van der Waals surface area contributed by atoms with E-state index in [0.717, 1.165) is 31.9 Å². The summed E-state index contributed by atoms with van der Waals surface area (Å²) in [6.45, 7) is 3.96. The van der Waals surface area contributed by atoms with E-state index in [0.29, 0.717) is 17.9 Å². The second-order valence-corrected chi connectivity index (χ2v) is 6.02. The lowest BCUT2D eigenvalue weighted by molar-refractivity contribution is 0.631. The van der Waals surface area contributed by atoms with E-state index >= 15 is 0 Å². The van der Waals surface area contributed by atoms with Crippen LogP contribution in [-0.4, -0.2) is 25.1 Å². The molecule has 1 fully saturated rings. The highest BCUT2D eigenvalue weighted by Crippen LogP contribution is 2.47. The van der Waals surface area contributed by atoms with E-state index in [4.69, 9.17) is 4.99 Å². The van der Waals surface area contributed by atoms with Gasteiger partial charge in [-0.25, -0.2) is 0 Å². The van der Waals surface area contributed by atoms with E-state index in [1.807, 2.05) is 0 Å². The molecule has 22 heavy (non-hydrogen) atoms. The van der Waals surface area contributed by atoms with Crippen molar-refractivity contribution in [3.63, 3.8) is 0 Å². The van der Waals surface area contributed by atoms with Gasteiger partial charge >= 0.3 is 0 Å². The zero-order valence-electron chi connectivity index (χ0n) is 13.2. The number of hydrogen-bond donors (Lipinski definition) is 2. The van der Waals surface area contributed by atoms with Gasteiger partial charge in [0.2, 0.25) is 0 Å². The molecule has 1 aromatic carbocycles. The van der Waals surface area contributed by atoms with Gasteiger partial charge in [-0.05, 0) is 43.6 Å². The smallest absolute Gasteiger partial charge is 0.191 e. The number of halogens is 1. The molecule has 3 rings (SSSR count). The van der Waals surface area contributed by atoms with Crippen molar-refractivity contribution in [1.29, 1.82) is 0 Å². The first kappa shape index (κ1) is 17.3. The summed E-state index contributed by atoms with van der Waals surface area (Å²) < 4.78 is 0. The number of guanidine groups is 1. The standard InChI is InChI=1S/C18H25N3.HI/c1-2-19-18(21-16-10-6-7-11-16)20-13-15-12-17(15)14-8-4-3-5-9-14;/h3-9,15-17H,2,10-13H2,1H3,(H2,19,20,21);1H. The van der Waals surface area contributed by atoms with Gasteiger partial charge in [0, 0.05) is 19.1 Å². The monoisotopic (exact) mass is 411 g/mol. The lowest BCUT2D eigenvalue weighted by Gasteiger charge is -2.16. The minimum Gasteiger partial charge on any atom is -0.357 e. The van der Waals surface area contributed by atoms with Crippen molar-refractivity contribution in [2.75, 3.05) is 13.1 Å². The highest BCUT2D eigenvalue weighted by atomic mass is 127. The number of hydrogen-bond acceptors (Lipinski definition) is 1. The lowest BCUT2D eigenvalue weighted by Crippen LogP contribution is -2.42. The molecule has 0 heterocycles. The van der Waals surface area contributed by atoms with Gasteiger partial charge in [0.15, 0.2) is 5.96 Å². The van der Waals surface area contributed by atoms with Gasteiger partial charge in [0.05, 0.1) is 0 Å². The van der Waals surface area contributed by atoms with Gasteiger partial charge in [0.1, 0.15) is 0 Å². The lowest BCUT2D eigenvalue weighted by atomic mass is 10.1. The molecule has 1 saturated carbocycles. The van der Waals surface area contributed by atoms with Crippen LogP contribution in [0.1, 0.15) is 37.7 Å². The first-order chi connectivity index (χ1) is 10.4. The molecule has 1 aromatic rings. The second-order valence-electron chi connectivity index (χ2n) is 6.02. The van der Waals surface area contributed by atoms with Crippen LogP contribution in [-0.2, 0) is 0 Å². The Bertz CT molecular complexity index is 504. The minimum atomic E-state index is 0. The van der Waals surface area contributed by atoms with Crippen LogP contribution in [0.3, 0.4) is 0 Å². The molecule has 0 radical (unpaired) electrons. The first-order valence-electron chi connectivity index (χ1n) is 8.11. The van der Waals surface area contributed by atoms with Gasteiger partial charge < -0.3 is 10.6 Å². The maximum absolute atomic E-state index is 4.78. The third-order valence-electron chi connectivity index (χ3n) is 4.33.